The molecule has 0 saturated heterocycles. The molecule has 0 saturated carbocycles. The average Bonchev–Trinajstić information content (AvgIpc) is 3.19. The number of esters is 1. The van der Waals surface area contributed by atoms with E-state index < -0.39 is 0 Å². The summed E-state index contributed by atoms with van der Waals surface area (Å²) in [7, 11) is 0. The standard InChI is InChI=1S/C19H18O2S2/c1-2-3-12-21-19(20)11-9-15-8-10-17(22-15)18-13-14-6-4-5-7-16(14)23-18/h4-11,13H,2-3,12H2,1H3/b11-9+. The maximum absolute atomic E-state index is 11.6. The Kier molecular flexibility index (Phi) is 5.26. The summed E-state index contributed by atoms with van der Waals surface area (Å²) in [5.41, 5.74) is 0. The van der Waals surface area contributed by atoms with Crippen LogP contribution in [0.25, 0.3) is 25.9 Å². The van der Waals surface area contributed by atoms with Gasteiger partial charge in [0.25, 0.3) is 0 Å². The number of thiophene rings is 2. The molecule has 3 aromatic rings. The van der Waals surface area contributed by atoms with Crippen molar-refractivity contribution in [3.05, 3.63) is 53.4 Å². The van der Waals surface area contributed by atoms with Crippen LogP contribution in [0.4, 0.5) is 0 Å². The van der Waals surface area contributed by atoms with Crippen molar-refractivity contribution in [3.63, 3.8) is 0 Å². The minimum atomic E-state index is -0.268. The Hall–Kier alpha value is -1.91. The van der Waals surface area contributed by atoms with Crippen molar-refractivity contribution >= 4 is 44.8 Å². The van der Waals surface area contributed by atoms with Crippen LogP contribution in [0, 0.1) is 0 Å². The predicted octanol–water partition coefficient (Wildman–Crippen LogP) is 5.99. The molecule has 0 bridgehead atoms. The molecule has 2 heterocycles. The predicted molar refractivity (Wildman–Crippen MR) is 100 cm³/mol. The molecule has 0 radical (unpaired) electrons. The Morgan fingerprint density at radius 3 is 2.83 bits per heavy atom. The first-order chi connectivity index (χ1) is 11.3. The molecular formula is C19H18O2S2. The number of unbranched alkanes of at least 4 members (excludes halogenated alkanes) is 1. The van der Waals surface area contributed by atoms with Crippen molar-refractivity contribution in [1.29, 1.82) is 0 Å². The maximum atomic E-state index is 11.6. The van der Waals surface area contributed by atoms with E-state index in [-0.39, 0.29) is 5.97 Å². The van der Waals surface area contributed by atoms with E-state index in [0.29, 0.717) is 6.61 Å². The number of rotatable bonds is 6. The largest absolute Gasteiger partial charge is 0.463 e. The Bertz CT molecular complexity index is 794. The molecule has 118 valence electrons. The van der Waals surface area contributed by atoms with E-state index >= 15 is 0 Å². The Balaban J connectivity index is 1.69. The lowest BCUT2D eigenvalue weighted by Gasteiger charge is -1.98. The summed E-state index contributed by atoms with van der Waals surface area (Å²) in [6.45, 7) is 2.57. The van der Waals surface area contributed by atoms with Crippen LogP contribution in [0.1, 0.15) is 24.6 Å². The van der Waals surface area contributed by atoms with E-state index in [1.54, 1.807) is 22.7 Å². The summed E-state index contributed by atoms with van der Waals surface area (Å²) in [4.78, 5) is 15.1. The summed E-state index contributed by atoms with van der Waals surface area (Å²) in [5.74, 6) is -0.268. The molecule has 0 fully saturated rings. The summed E-state index contributed by atoms with van der Waals surface area (Å²) in [6.07, 6.45) is 5.28. The lowest BCUT2D eigenvalue weighted by molar-refractivity contribution is -0.137. The summed E-state index contributed by atoms with van der Waals surface area (Å²) in [6, 6.07) is 14.8. The molecule has 0 aliphatic carbocycles. The van der Waals surface area contributed by atoms with Crippen molar-refractivity contribution in [2.24, 2.45) is 0 Å². The monoisotopic (exact) mass is 342 g/mol. The third-order valence-corrected chi connectivity index (χ3v) is 5.78. The SMILES string of the molecule is CCCCOC(=O)/C=C/c1ccc(-c2cc3ccccc3s2)s1. The van der Waals surface area contributed by atoms with Gasteiger partial charge in [0.05, 0.1) is 6.61 Å². The summed E-state index contributed by atoms with van der Waals surface area (Å²) >= 11 is 3.48. The highest BCUT2D eigenvalue weighted by Crippen LogP contribution is 2.37. The zero-order valence-corrected chi connectivity index (χ0v) is 14.6. The number of carbonyl (C=O) groups excluding carboxylic acids is 1. The highest BCUT2D eigenvalue weighted by atomic mass is 32.1. The van der Waals surface area contributed by atoms with Gasteiger partial charge in [-0.15, -0.1) is 22.7 Å². The second-order valence-corrected chi connectivity index (χ2v) is 7.40. The van der Waals surface area contributed by atoms with Gasteiger partial charge >= 0.3 is 5.97 Å². The van der Waals surface area contributed by atoms with Crippen molar-refractivity contribution in [3.8, 4) is 9.75 Å². The second-order valence-electron chi connectivity index (χ2n) is 5.20. The topological polar surface area (TPSA) is 26.3 Å². The van der Waals surface area contributed by atoms with Crippen molar-refractivity contribution in [2.75, 3.05) is 6.61 Å². The van der Waals surface area contributed by atoms with Gasteiger partial charge in [-0.25, -0.2) is 4.79 Å². The molecular weight excluding hydrogens is 324 g/mol. The molecule has 0 aliphatic rings. The number of hydrogen-bond acceptors (Lipinski definition) is 4. The van der Waals surface area contributed by atoms with Crippen molar-refractivity contribution in [1.82, 2.24) is 0 Å². The van der Waals surface area contributed by atoms with Gasteiger partial charge < -0.3 is 4.74 Å². The smallest absolute Gasteiger partial charge is 0.330 e. The third-order valence-electron chi connectivity index (χ3n) is 3.42. The molecule has 0 N–H and O–H groups in total. The first kappa shape index (κ1) is 16.0. The van der Waals surface area contributed by atoms with Crippen LogP contribution < -0.4 is 0 Å². The van der Waals surface area contributed by atoms with Crippen LogP contribution in [-0.4, -0.2) is 12.6 Å². The van der Waals surface area contributed by atoms with Crippen LogP contribution in [0.15, 0.2) is 48.5 Å². The molecule has 0 spiro atoms. The zero-order chi connectivity index (χ0) is 16.1. The molecule has 0 unspecified atom stereocenters. The fraction of sp³-hybridized carbons (Fsp3) is 0.211. The van der Waals surface area contributed by atoms with Gasteiger partial charge in [0.2, 0.25) is 0 Å². The van der Waals surface area contributed by atoms with Crippen LogP contribution in [-0.2, 0) is 9.53 Å². The molecule has 2 nitrogen and oxygen atoms in total. The maximum Gasteiger partial charge on any atom is 0.330 e. The van der Waals surface area contributed by atoms with Gasteiger partial charge in [-0.3, -0.25) is 0 Å². The molecule has 23 heavy (non-hydrogen) atoms. The molecule has 0 atom stereocenters. The van der Waals surface area contributed by atoms with E-state index in [9.17, 15) is 4.79 Å². The van der Waals surface area contributed by atoms with Gasteiger partial charge in [-0.2, -0.15) is 0 Å². The number of ether oxygens (including phenoxy) is 1. The molecule has 3 rings (SSSR count). The highest BCUT2D eigenvalue weighted by molar-refractivity contribution is 7.26. The van der Waals surface area contributed by atoms with E-state index in [0.717, 1.165) is 17.7 Å². The Morgan fingerprint density at radius 2 is 2.00 bits per heavy atom. The average molecular weight is 342 g/mol. The number of hydrogen-bond donors (Lipinski definition) is 0. The number of benzene rings is 1. The van der Waals surface area contributed by atoms with Gasteiger partial charge in [-0.1, -0.05) is 31.5 Å². The van der Waals surface area contributed by atoms with Gasteiger partial charge in [0, 0.05) is 25.4 Å². The molecule has 4 heteroatoms. The second kappa shape index (κ2) is 7.57. The molecule has 0 amide bonds. The van der Waals surface area contributed by atoms with E-state index in [4.69, 9.17) is 4.74 Å². The van der Waals surface area contributed by atoms with Gasteiger partial charge in [-0.05, 0) is 42.1 Å². The first-order valence-electron chi connectivity index (χ1n) is 7.70. The lowest BCUT2D eigenvalue weighted by atomic mass is 10.2. The molecule has 0 aliphatic heterocycles. The van der Waals surface area contributed by atoms with Gasteiger partial charge in [0.15, 0.2) is 0 Å². The number of fused-ring (bicyclic) bond motifs is 1. The van der Waals surface area contributed by atoms with E-state index in [1.165, 1.54) is 25.9 Å². The summed E-state index contributed by atoms with van der Waals surface area (Å²) < 4.78 is 6.42. The van der Waals surface area contributed by atoms with E-state index in [2.05, 4.69) is 43.3 Å². The van der Waals surface area contributed by atoms with Crippen LogP contribution in [0.3, 0.4) is 0 Å². The summed E-state index contributed by atoms with van der Waals surface area (Å²) in [5, 5.41) is 1.28. The third kappa shape index (κ3) is 4.09. The van der Waals surface area contributed by atoms with Crippen LogP contribution in [0.2, 0.25) is 0 Å². The quantitative estimate of drug-likeness (QED) is 0.312. The number of carbonyl (C=O) groups is 1. The fourth-order valence-electron chi connectivity index (χ4n) is 2.19. The molecule has 2 aromatic heterocycles. The van der Waals surface area contributed by atoms with Crippen molar-refractivity contribution in [2.45, 2.75) is 19.8 Å². The lowest BCUT2D eigenvalue weighted by Crippen LogP contribution is -2.01. The fourth-order valence-corrected chi connectivity index (χ4v) is 4.25. The van der Waals surface area contributed by atoms with Crippen LogP contribution >= 0.6 is 22.7 Å². The zero-order valence-electron chi connectivity index (χ0n) is 13.0. The highest BCUT2D eigenvalue weighted by Gasteiger charge is 2.06. The minimum Gasteiger partial charge on any atom is -0.463 e. The minimum absolute atomic E-state index is 0.268. The normalized spacial score (nSPS) is 11.3. The van der Waals surface area contributed by atoms with Crippen LogP contribution in [0.5, 0.6) is 0 Å². The Morgan fingerprint density at radius 1 is 1.13 bits per heavy atom. The van der Waals surface area contributed by atoms with Crippen molar-refractivity contribution < 1.29 is 9.53 Å². The van der Waals surface area contributed by atoms with E-state index in [1.807, 2.05) is 12.1 Å². The first-order valence-corrected chi connectivity index (χ1v) is 9.33. The van der Waals surface area contributed by atoms with Gasteiger partial charge in [0.1, 0.15) is 0 Å². The Labute approximate surface area is 144 Å². The molecule has 1 aromatic carbocycles.